The van der Waals surface area contributed by atoms with Gasteiger partial charge in [0.1, 0.15) is 5.75 Å². The van der Waals surface area contributed by atoms with Crippen molar-refractivity contribution in [2.45, 2.75) is 46.3 Å². The first-order valence-corrected chi connectivity index (χ1v) is 9.53. The average Bonchev–Trinajstić information content (AvgIpc) is 2.57. The van der Waals surface area contributed by atoms with Crippen LogP contribution >= 0.6 is 0 Å². The minimum atomic E-state index is 0.636. The molecule has 4 nitrogen and oxygen atoms in total. The fourth-order valence-electron chi connectivity index (χ4n) is 3.96. The normalized spacial score (nSPS) is 23.2. The zero-order valence-corrected chi connectivity index (χ0v) is 15.8. The van der Waals surface area contributed by atoms with E-state index in [1.165, 1.54) is 16.7 Å². The van der Waals surface area contributed by atoms with Crippen molar-refractivity contribution in [3.63, 3.8) is 0 Å². The van der Waals surface area contributed by atoms with E-state index in [4.69, 9.17) is 4.74 Å². The first-order chi connectivity index (χ1) is 11.6. The molecule has 0 bridgehead atoms. The highest BCUT2D eigenvalue weighted by atomic mass is 16.5. The van der Waals surface area contributed by atoms with Gasteiger partial charge in [0.05, 0.1) is 6.61 Å². The van der Waals surface area contributed by atoms with Gasteiger partial charge < -0.3 is 9.64 Å². The fourth-order valence-corrected chi connectivity index (χ4v) is 3.96. The van der Waals surface area contributed by atoms with E-state index < -0.39 is 0 Å². The van der Waals surface area contributed by atoms with Gasteiger partial charge in [0, 0.05) is 50.9 Å². The first-order valence-electron chi connectivity index (χ1n) is 9.53. The third-order valence-electron chi connectivity index (χ3n) is 5.59. The summed E-state index contributed by atoms with van der Waals surface area (Å²) in [5.41, 5.74) is 4.36. The predicted molar refractivity (Wildman–Crippen MR) is 99.6 cm³/mol. The van der Waals surface area contributed by atoms with Gasteiger partial charge in [-0.2, -0.15) is 0 Å². The van der Waals surface area contributed by atoms with Crippen molar-refractivity contribution >= 4 is 0 Å². The number of piperazine rings is 1. The van der Waals surface area contributed by atoms with E-state index in [1.807, 2.05) is 0 Å². The lowest BCUT2D eigenvalue weighted by Crippen LogP contribution is -2.44. The van der Waals surface area contributed by atoms with Gasteiger partial charge in [-0.25, -0.2) is 0 Å². The van der Waals surface area contributed by atoms with Gasteiger partial charge in [0.2, 0.25) is 0 Å². The molecule has 4 heteroatoms. The van der Waals surface area contributed by atoms with Gasteiger partial charge in [0.15, 0.2) is 0 Å². The Labute approximate surface area is 147 Å². The van der Waals surface area contributed by atoms with Crippen LogP contribution in [-0.4, -0.2) is 67.1 Å². The lowest BCUT2D eigenvalue weighted by molar-refractivity contribution is 0.146. The van der Waals surface area contributed by atoms with Gasteiger partial charge in [-0.05, 0) is 51.1 Å². The molecule has 0 amide bonds. The van der Waals surface area contributed by atoms with Gasteiger partial charge in [-0.1, -0.05) is 13.0 Å². The summed E-state index contributed by atoms with van der Waals surface area (Å²) < 4.78 is 6.01. The maximum Gasteiger partial charge on any atom is 0.124 e. The Morgan fingerprint density at radius 2 is 1.83 bits per heavy atom. The number of nitrogens with zero attached hydrogens (tertiary/aromatic N) is 3. The van der Waals surface area contributed by atoms with Crippen LogP contribution in [0.1, 0.15) is 37.5 Å². The fraction of sp³-hybridized carbons (Fsp3) is 0.700. The molecule has 2 aliphatic heterocycles. The summed E-state index contributed by atoms with van der Waals surface area (Å²) in [5.74, 6) is 1.10. The molecule has 1 fully saturated rings. The van der Waals surface area contributed by atoms with E-state index in [-0.39, 0.29) is 0 Å². The summed E-state index contributed by atoms with van der Waals surface area (Å²) >= 11 is 0. The average molecular weight is 332 g/mol. The van der Waals surface area contributed by atoms with Crippen molar-refractivity contribution < 1.29 is 4.74 Å². The molecule has 1 unspecified atom stereocenters. The number of ether oxygens (including phenoxy) is 1. The Kier molecular flexibility index (Phi) is 5.80. The van der Waals surface area contributed by atoms with Crippen LogP contribution in [0.4, 0.5) is 0 Å². The van der Waals surface area contributed by atoms with Crippen LogP contribution in [-0.2, 0) is 19.5 Å². The van der Waals surface area contributed by atoms with Crippen LogP contribution in [0.3, 0.4) is 0 Å². The lowest BCUT2D eigenvalue weighted by atomic mass is 9.92. The van der Waals surface area contributed by atoms with Gasteiger partial charge in [-0.3, -0.25) is 9.80 Å². The van der Waals surface area contributed by atoms with E-state index in [2.05, 4.69) is 54.7 Å². The quantitative estimate of drug-likeness (QED) is 0.825. The minimum Gasteiger partial charge on any atom is -0.494 e. The maximum absolute atomic E-state index is 6.01. The smallest absolute Gasteiger partial charge is 0.124 e. The van der Waals surface area contributed by atoms with Gasteiger partial charge >= 0.3 is 0 Å². The monoisotopic (exact) mass is 331 g/mol. The van der Waals surface area contributed by atoms with E-state index in [0.29, 0.717) is 6.04 Å². The number of hydrogen-bond donors (Lipinski definition) is 0. The van der Waals surface area contributed by atoms with Crippen LogP contribution in [0.2, 0.25) is 0 Å². The highest BCUT2D eigenvalue weighted by Crippen LogP contribution is 2.31. The summed E-state index contributed by atoms with van der Waals surface area (Å²) in [7, 11) is 2.21. The van der Waals surface area contributed by atoms with Crippen molar-refractivity contribution in [3.05, 3.63) is 28.8 Å². The number of likely N-dealkylation sites (N-methyl/N-ethyl adjacent to an activating group) is 2. The predicted octanol–water partition coefficient (Wildman–Crippen LogP) is 2.60. The Bertz CT molecular complexity index is 552. The molecule has 2 aliphatic rings. The molecule has 1 atom stereocenters. The zero-order chi connectivity index (χ0) is 17.1. The molecule has 1 saturated heterocycles. The van der Waals surface area contributed by atoms with Crippen LogP contribution in [0.25, 0.3) is 0 Å². The van der Waals surface area contributed by atoms with Crippen LogP contribution in [0.15, 0.2) is 12.1 Å². The van der Waals surface area contributed by atoms with Crippen LogP contribution in [0.5, 0.6) is 5.75 Å². The van der Waals surface area contributed by atoms with E-state index in [0.717, 1.165) is 64.6 Å². The third-order valence-corrected chi connectivity index (χ3v) is 5.59. The lowest BCUT2D eigenvalue weighted by Gasteiger charge is -2.36. The Morgan fingerprint density at radius 3 is 2.50 bits per heavy atom. The first kappa shape index (κ1) is 17.7. The number of benzene rings is 1. The Morgan fingerprint density at radius 1 is 1.08 bits per heavy atom. The van der Waals surface area contributed by atoms with Gasteiger partial charge in [-0.15, -0.1) is 0 Å². The van der Waals surface area contributed by atoms with E-state index in [1.54, 1.807) is 0 Å². The molecule has 0 saturated carbocycles. The van der Waals surface area contributed by atoms with Crippen molar-refractivity contribution in [3.8, 4) is 5.75 Å². The van der Waals surface area contributed by atoms with Crippen molar-refractivity contribution in [2.75, 3.05) is 46.4 Å². The molecule has 0 spiro atoms. The number of rotatable bonds is 5. The highest BCUT2D eigenvalue weighted by Gasteiger charge is 2.24. The molecule has 134 valence electrons. The summed E-state index contributed by atoms with van der Waals surface area (Å²) in [4.78, 5) is 7.53. The summed E-state index contributed by atoms with van der Waals surface area (Å²) in [6, 6.07) is 5.39. The maximum atomic E-state index is 6.01. The SMILES string of the molecule is CCOc1cc2c(cc1CN1CCN(C)CC1)CC(C)N(CC)C2. The van der Waals surface area contributed by atoms with E-state index in [9.17, 15) is 0 Å². The second kappa shape index (κ2) is 7.85. The topological polar surface area (TPSA) is 19.0 Å². The standard InChI is InChI=1S/C20H33N3O/c1-5-23-15-18-13-20(24-6-2)19(12-17(18)11-16(23)3)14-22-9-7-21(4)8-10-22/h12-13,16H,5-11,14-15H2,1-4H3. The zero-order valence-electron chi connectivity index (χ0n) is 15.8. The summed E-state index contributed by atoms with van der Waals surface area (Å²) in [6.45, 7) is 15.3. The molecular formula is C20H33N3O. The minimum absolute atomic E-state index is 0.636. The molecule has 24 heavy (non-hydrogen) atoms. The molecule has 0 aliphatic carbocycles. The highest BCUT2D eigenvalue weighted by molar-refractivity contribution is 5.44. The van der Waals surface area contributed by atoms with E-state index >= 15 is 0 Å². The third kappa shape index (κ3) is 3.93. The summed E-state index contributed by atoms with van der Waals surface area (Å²) in [5, 5.41) is 0. The largest absolute Gasteiger partial charge is 0.494 e. The van der Waals surface area contributed by atoms with Crippen molar-refractivity contribution in [2.24, 2.45) is 0 Å². The molecule has 0 N–H and O–H groups in total. The summed E-state index contributed by atoms with van der Waals surface area (Å²) in [6.07, 6.45) is 1.16. The van der Waals surface area contributed by atoms with Crippen molar-refractivity contribution in [1.29, 1.82) is 0 Å². The molecule has 0 radical (unpaired) electrons. The molecule has 3 rings (SSSR count). The second-order valence-corrected chi connectivity index (χ2v) is 7.36. The molecule has 1 aromatic rings. The molecule has 2 heterocycles. The Hall–Kier alpha value is -1.10. The number of fused-ring (bicyclic) bond motifs is 1. The van der Waals surface area contributed by atoms with Crippen molar-refractivity contribution in [1.82, 2.24) is 14.7 Å². The molecule has 1 aromatic carbocycles. The van der Waals surface area contributed by atoms with Gasteiger partial charge in [0.25, 0.3) is 0 Å². The van der Waals surface area contributed by atoms with Crippen LogP contribution in [0, 0.1) is 0 Å². The molecular weight excluding hydrogens is 298 g/mol. The Balaban J connectivity index is 1.81. The van der Waals surface area contributed by atoms with Crippen LogP contribution < -0.4 is 4.74 Å². The number of hydrogen-bond acceptors (Lipinski definition) is 4. The molecule has 0 aromatic heterocycles. The second-order valence-electron chi connectivity index (χ2n) is 7.36.